The van der Waals surface area contributed by atoms with E-state index >= 15 is 0 Å². The van der Waals surface area contributed by atoms with Crippen LogP contribution in [0.5, 0.6) is 11.9 Å². The van der Waals surface area contributed by atoms with Crippen LogP contribution in [0.1, 0.15) is 34.3 Å². The number of methoxy groups -OCH3 is 1. The van der Waals surface area contributed by atoms with Crippen molar-refractivity contribution in [2.45, 2.75) is 32.8 Å². The van der Waals surface area contributed by atoms with Crippen molar-refractivity contribution in [2.75, 3.05) is 20.2 Å². The molecule has 132 valence electrons. The number of ether oxygens (including phenoxy) is 2. The molecule has 0 saturated carbocycles. The van der Waals surface area contributed by atoms with E-state index in [1.54, 1.807) is 12.3 Å². The van der Waals surface area contributed by atoms with Gasteiger partial charge in [-0.25, -0.2) is 4.98 Å². The molecule has 1 saturated heterocycles. The maximum atomic E-state index is 12.8. The third kappa shape index (κ3) is 4.07. The summed E-state index contributed by atoms with van der Waals surface area (Å²) in [6.07, 6.45) is 3.32. The molecule has 2 aromatic rings. The molecule has 1 atom stereocenters. The minimum absolute atomic E-state index is 0.0525. The van der Waals surface area contributed by atoms with Gasteiger partial charge in [-0.1, -0.05) is 6.07 Å². The highest BCUT2D eigenvalue weighted by molar-refractivity contribution is 5.94. The maximum Gasteiger partial charge on any atom is 0.319 e. The van der Waals surface area contributed by atoms with Gasteiger partial charge in [0.2, 0.25) is 5.88 Å². The molecule has 1 aliphatic heterocycles. The molecule has 0 bridgehead atoms. The number of carbonyl (C=O) groups excluding carboxylic acids is 1. The summed E-state index contributed by atoms with van der Waals surface area (Å²) in [5, 5.41) is 0. The Labute approximate surface area is 147 Å². The molecule has 1 aromatic carbocycles. The van der Waals surface area contributed by atoms with Crippen molar-refractivity contribution >= 4 is 5.91 Å². The van der Waals surface area contributed by atoms with Gasteiger partial charge < -0.3 is 14.4 Å². The predicted octanol–water partition coefficient (Wildman–Crippen LogP) is 2.79. The standard InChI is InChI=1S/C19H23N3O3/c1-13-6-7-15(11-14(13)2)18(23)22-10-4-5-16(12-22)25-17-8-9-20-19(21-17)24-3/h6-9,11,16H,4-5,10,12H2,1-3H3. The van der Waals surface area contributed by atoms with Crippen LogP contribution in [0.4, 0.5) is 0 Å². The SMILES string of the molecule is COc1nccc(OC2CCCN(C(=O)c3ccc(C)c(C)c3)C2)n1. The molecular formula is C19H23N3O3. The summed E-state index contributed by atoms with van der Waals surface area (Å²) in [6.45, 7) is 5.37. The van der Waals surface area contributed by atoms with Crippen molar-refractivity contribution in [1.29, 1.82) is 0 Å². The lowest BCUT2D eigenvalue weighted by Crippen LogP contribution is -2.44. The third-order valence-electron chi connectivity index (χ3n) is 4.50. The molecule has 6 heteroatoms. The average molecular weight is 341 g/mol. The molecule has 25 heavy (non-hydrogen) atoms. The van der Waals surface area contributed by atoms with E-state index in [4.69, 9.17) is 9.47 Å². The molecule has 1 aliphatic rings. The second kappa shape index (κ2) is 7.51. The third-order valence-corrected chi connectivity index (χ3v) is 4.50. The first-order chi connectivity index (χ1) is 12.1. The van der Waals surface area contributed by atoms with Crippen LogP contribution >= 0.6 is 0 Å². The van der Waals surface area contributed by atoms with E-state index in [-0.39, 0.29) is 18.0 Å². The quantitative estimate of drug-likeness (QED) is 0.855. The summed E-state index contributed by atoms with van der Waals surface area (Å²) >= 11 is 0. The molecule has 3 rings (SSSR count). The first-order valence-corrected chi connectivity index (χ1v) is 8.47. The largest absolute Gasteiger partial charge is 0.472 e. The second-order valence-electron chi connectivity index (χ2n) is 6.31. The van der Waals surface area contributed by atoms with Gasteiger partial charge in [-0.2, -0.15) is 4.98 Å². The van der Waals surface area contributed by atoms with Gasteiger partial charge in [-0.05, 0) is 49.9 Å². The van der Waals surface area contributed by atoms with Crippen molar-refractivity contribution < 1.29 is 14.3 Å². The zero-order chi connectivity index (χ0) is 17.8. The lowest BCUT2D eigenvalue weighted by atomic mass is 10.0. The highest BCUT2D eigenvalue weighted by atomic mass is 16.5. The van der Waals surface area contributed by atoms with E-state index < -0.39 is 0 Å². The van der Waals surface area contributed by atoms with Gasteiger partial charge >= 0.3 is 6.01 Å². The van der Waals surface area contributed by atoms with Crippen molar-refractivity contribution in [3.05, 3.63) is 47.2 Å². The van der Waals surface area contributed by atoms with Gasteiger partial charge in [-0.3, -0.25) is 4.79 Å². The number of hydrogen-bond donors (Lipinski definition) is 0. The van der Waals surface area contributed by atoms with E-state index in [1.807, 2.05) is 36.9 Å². The normalized spacial score (nSPS) is 17.2. The first-order valence-electron chi connectivity index (χ1n) is 8.47. The summed E-state index contributed by atoms with van der Waals surface area (Å²) in [5.74, 6) is 0.522. The fourth-order valence-corrected chi connectivity index (χ4v) is 2.94. The molecule has 1 fully saturated rings. The van der Waals surface area contributed by atoms with Crippen LogP contribution in [0.3, 0.4) is 0 Å². The summed E-state index contributed by atoms with van der Waals surface area (Å²) in [6, 6.07) is 7.82. The number of nitrogens with zero attached hydrogens (tertiary/aromatic N) is 3. The van der Waals surface area contributed by atoms with Crippen molar-refractivity contribution in [3.8, 4) is 11.9 Å². The Bertz CT molecular complexity index is 763. The number of benzene rings is 1. The van der Waals surface area contributed by atoms with E-state index in [2.05, 4.69) is 9.97 Å². The summed E-state index contributed by atoms with van der Waals surface area (Å²) in [4.78, 5) is 22.8. The van der Waals surface area contributed by atoms with Gasteiger partial charge in [-0.15, -0.1) is 0 Å². The Morgan fingerprint density at radius 3 is 2.84 bits per heavy atom. The van der Waals surface area contributed by atoms with Crippen LogP contribution in [0.2, 0.25) is 0 Å². The molecule has 1 aromatic heterocycles. The number of carbonyl (C=O) groups is 1. The summed E-state index contributed by atoms with van der Waals surface area (Å²) in [7, 11) is 1.52. The minimum Gasteiger partial charge on any atom is -0.472 e. The van der Waals surface area contributed by atoms with E-state index in [0.717, 1.165) is 30.5 Å². The molecule has 0 radical (unpaired) electrons. The molecule has 0 spiro atoms. The second-order valence-corrected chi connectivity index (χ2v) is 6.31. The zero-order valence-corrected chi connectivity index (χ0v) is 14.9. The van der Waals surface area contributed by atoms with Crippen LogP contribution in [0.15, 0.2) is 30.5 Å². The monoisotopic (exact) mass is 341 g/mol. The van der Waals surface area contributed by atoms with Gasteiger partial charge in [0.05, 0.1) is 13.7 Å². The fourth-order valence-electron chi connectivity index (χ4n) is 2.94. The number of aromatic nitrogens is 2. The molecule has 0 N–H and O–H groups in total. The first kappa shape index (κ1) is 17.2. The maximum absolute atomic E-state index is 12.8. The van der Waals surface area contributed by atoms with Gasteiger partial charge in [0.1, 0.15) is 6.10 Å². The molecule has 0 aliphatic carbocycles. The zero-order valence-electron chi connectivity index (χ0n) is 14.9. The van der Waals surface area contributed by atoms with Gasteiger partial charge in [0, 0.05) is 24.4 Å². The van der Waals surface area contributed by atoms with Gasteiger partial charge in [0.25, 0.3) is 5.91 Å². The van der Waals surface area contributed by atoms with E-state index in [9.17, 15) is 4.79 Å². The van der Waals surface area contributed by atoms with Crippen LogP contribution in [0, 0.1) is 13.8 Å². The number of hydrogen-bond acceptors (Lipinski definition) is 5. The van der Waals surface area contributed by atoms with Crippen LogP contribution in [-0.2, 0) is 0 Å². The van der Waals surface area contributed by atoms with Crippen molar-refractivity contribution in [2.24, 2.45) is 0 Å². The Morgan fingerprint density at radius 1 is 1.24 bits per heavy atom. The molecule has 1 unspecified atom stereocenters. The highest BCUT2D eigenvalue weighted by Gasteiger charge is 2.26. The van der Waals surface area contributed by atoms with E-state index in [1.165, 1.54) is 12.7 Å². The number of piperidine rings is 1. The summed E-state index contributed by atoms with van der Waals surface area (Å²) in [5.41, 5.74) is 3.05. The molecular weight excluding hydrogens is 318 g/mol. The minimum atomic E-state index is -0.0798. The average Bonchev–Trinajstić information content (AvgIpc) is 2.64. The molecule has 2 heterocycles. The Kier molecular flexibility index (Phi) is 5.16. The van der Waals surface area contributed by atoms with Crippen molar-refractivity contribution in [1.82, 2.24) is 14.9 Å². The molecule has 1 amide bonds. The number of likely N-dealkylation sites (tertiary alicyclic amines) is 1. The number of rotatable bonds is 4. The lowest BCUT2D eigenvalue weighted by Gasteiger charge is -2.32. The van der Waals surface area contributed by atoms with Gasteiger partial charge in [0.15, 0.2) is 0 Å². The highest BCUT2D eigenvalue weighted by Crippen LogP contribution is 2.20. The predicted molar refractivity (Wildman–Crippen MR) is 94.1 cm³/mol. The lowest BCUT2D eigenvalue weighted by molar-refractivity contribution is 0.0525. The van der Waals surface area contributed by atoms with Crippen LogP contribution in [-0.4, -0.2) is 47.1 Å². The number of amides is 1. The Morgan fingerprint density at radius 2 is 2.08 bits per heavy atom. The van der Waals surface area contributed by atoms with Crippen LogP contribution < -0.4 is 9.47 Å². The number of aryl methyl sites for hydroxylation is 2. The summed E-state index contributed by atoms with van der Waals surface area (Å²) < 4.78 is 10.9. The molecule has 6 nitrogen and oxygen atoms in total. The topological polar surface area (TPSA) is 64.6 Å². The van der Waals surface area contributed by atoms with E-state index in [0.29, 0.717) is 12.4 Å². The fraction of sp³-hybridized carbons (Fsp3) is 0.421. The van der Waals surface area contributed by atoms with Crippen molar-refractivity contribution in [3.63, 3.8) is 0 Å². The Hall–Kier alpha value is -2.63. The Balaban J connectivity index is 1.67. The van der Waals surface area contributed by atoms with Crippen LogP contribution in [0.25, 0.3) is 0 Å². The smallest absolute Gasteiger partial charge is 0.319 e.